The smallest absolute Gasteiger partial charge is 0.123 e. The summed E-state index contributed by atoms with van der Waals surface area (Å²) in [5.41, 5.74) is 6.95. The summed E-state index contributed by atoms with van der Waals surface area (Å²) < 4.78 is 0. The lowest BCUT2D eigenvalue weighted by atomic mass is 9.96. The number of likely N-dealkylation sites (tertiary alicyclic amines) is 1. The highest BCUT2D eigenvalue weighted by Gasteiger charge is 2.18. The lowest BCUT2D eigenvalue weighted by molar-refractivity contribution is 0.173. The average molecular weight is 248 g/mol. The molecule has 4 heteroatoms. The molecule has 1 fully saturated rings. The number of anilines is 1. The van der Waals surface area contributed by atoms with Crippen LogP contribution in [0.4, 0.5) is 5.82 Å². The number of pyridine rings is 1. The van der Waals surface area contributed by atoms with E-state index in [0.29, 0.717) is 5.82 Å². The van der Waals surface area contributed by atoms with E-state index in [0.717, 1.165) is 12.5 Å². The Morgan fingerprint density at radius 1 is 1.44 bits per heavy atom. The van der Waals surface area contributed by atoms with E-state index in [-0.39, 0.29) is 0 Å². The van der Waals surface area contributed by atoms with Crippen LogP contribution in [0.5, 0.6) is 0 Å². The summed E-state index contributed by atoms with van der Waals surface area (Å²) in [5, 5.41) is 0. The van der Waals surface area contributed by atoms with E-state index in [9.17, 15) is 0 Å². The summed E-state index contributed by atoms with van der Waals surface area (Å²) in [6.07, 6.45) is 4.42. The van der Waals surface area contributed by atoms with Crippen LogP contribution in [-0.2, 0) is 6.54 Å². The van der Waals surface area contributed by atoms with Crippen molar-refractivity contribution in [3.05, 3.63) is 23.9 Å². The fourth-order valence-corrected chi connectivity index (χ4v) is 2.65. The van der Waals surface area contributed by atoms with Gasteiger partial charge in [-0.05, 0) is 63.6 Å². The minimum absolute atomic E-state index is 0.611. The molecule has 0 atom stereocenters. The molecule has 0 bridgehead atoms. The van der Waals surface area contributed by atoms with E-state index < -0.39 is 0 Å². The minimum Gasteiger partial charge on any atom is -0.384 e. The highest BCUT2D eigenvalue weighted by molar-refractivity contribution is 5.31. The fraction of sp³-hybridized carbons (Fsp3) is 0.643. The van der Waals surface area contributed by atoms with E-state index >= 15 is 0 Å². The second-order valence-electron chi connectivity index (χ2n) is 5.53. The molecule has 2 N–H and O–H groups in total. The van der Waals surface area contributed by atoms with Crippen molar-refractivity contribution in [3.63, 3.8) is 0 Å². The Labute approximate surface area is 110 Å². The fourth-order valence-electron chi connectivity index (χ4n) is 2.65. The largest absolute Gasteiger partial charge is 0.384 e. The Bertz CT molecular complexity index is 372. The first kappa shape index (κ1) is 13.3. The van der Waals surface area contributed by atoms with Gasteiger partial charge in [0, 0.05) is 19.3 Å². The van der Waals surface area contributed by atoms with Gasteiger partial charge < -0.3 is 15.5 Å². The zero-order chi connectivity index (χ0) is 13.0. The lowest BCUT2D eigenvalue weighted by Gasteiger charge is -2.31. The van der Waals surface area contributed by atoms with Crippen LogP contribution in [0.1, 0.15) is 18.4 Å². The maximum atomic E-state index is 5.70. The first-order valence-electron chi connectivity index (χ1n) is 6.71. The Morgan fingerprint density at radius 2 is 2.17 bits per heavy atom. The number of aromatic nitrogens is 1. The van der Waals surface area contributed by atoms with Crippen LogP contribution in [0.15, 0.2) is 18.3 Å². The van der Waals surface area contributed by atoms with E-state index in [1.165, 1.54) is 38.0 Å². The van der Waals surface area contributed by atoms with Crippen molar-refractivity contribution in [1.29, 1.82) is 0 Å². The normalized spacial score (nSPS) is 18.4. The molecule has 1 aromatic heterocycles. The molecule has 1 aliphatic heterocycles. The van der Waals surface area contributed by atoms with Gasteiger partial charge in [-0.2, -0.15) is 0 Å². The zero-order valence-electron chi connectivity index (χ0n) is 11.5. The molecule has 0 aliphatic carbocycles. The molecule has 0 saturated carbocycles. The SMILES string of the molecule is CN1CCC(CN(C)Cc2ccnc(N)c2)CC1. The van der Waals surface area contributed by atoms with Gasteiger partial charge in [0.15, 0.2) is 0 Å². The summed E-state index contributed by atoms with van der Waals surface area (Å²) in [4.78, 5) is 8.84. The van der Waals surface area contributed by atoms with Gasteiger partial charge in [0.1, 0.15) is 5.82 Å². The van der Waals surface area contributed by atoms with Crippen molar-refractivity contribution in [1.82, 2.24) is 14.8 Å². The van der Waals surface area contributed by atoms with Crippen LogP contribution in [0.2, 0.25) is 0 Å². The van der Waals surface area contributed by atoms with E-state index in [1.54, 1.807) is 6.20 Å². The summed E-state index contributed by atoms with van der Waals surface area (Å²) in [5.74, 6) is 1.45. The van der Waals surface area contributed by atoms with Gasteiger partial charge in [-0.25, -0.2) is 4.98 Å². The standard InChI is InChI=1S/C14H24N4/c1-17-7-4-12(5-8-17)10-18(2)11-13-3-6-16-14(15)9-13/h3,6,9,12H,4-5,7-8,10-11H2,1-2H3,(H2,15,16). The number of nitrogen functional groups attached to an aromatic ring is 1. The van der Waals surface area contributed by atoms with Gasteiger partial charge >= 0.3 is 0 Å². The summed E-state index contributed by atoms with van der Waals surface area (Å²) in [7, 11) is 4.40. The third-order valence-electron chi connectivity index (χ3n) is 3.71. The number of rotatable bonds is 4. The third-order valence-corrected chi connectivity index (χ3v) is 3.71. The molecule has 1 aromatic rings. The topological polar surface area (TPSA) is 45.4 Å². The molecule has 0 amide bonds. The molecule has 4 nitrogen and oxygen atoms in total. The van der Waals surface area contributed by atoms with Crippen molar-refractivity contribution in [2.45, 2.75) is 19.4 Å². The van der Waals surface area contributed by atoms with Gasteiger partial charge in [0.05, 0.1) is 0 Å². The number of hydrogen-bond donors (Lipinski definition) is 1. The van der Waals surface area contributed by atoms with E-state index in [1.807, 2.05) is 12.1 Å². The molecule has 0 spiro atoms. The minimum atomic E-state index is 0.611. The highest BCUT2D eigenvalue weighted by atomic mass is 15.1. The molecule has 0 radical (unpaired) electrons. The molecular formula is C14H24N4. The van der Waals surface area contributed by atoms with E-state index in [2.05, 4.69) is 28.9 Å². The lowest BCUT2D eigenvalue weighted by Crippen LogP contribution is -2.35. The van der Waals surface area contributed by atoms with Gasteiger partial charge in [0.2, 0.25) is 0 Å². The number of piperidine rings is 1. The molecule has 1 saturated heterocycles. The van der Waals surface area contributed by atoms with Crippen LogP contribution >= 0.6 is 0 Å². The molecule has 0 aromatic carbocycles. The van der Waals surface area contributed by atoms with Gasteiger partial charge in [-0.3, -0.25) is 0 Å². The summed E-state index contributed by atoms with van der Waals surface area (Å²) in [6, 6.07) is 4.01. The Morgan fingerprint density at radius 3 is 2.83 bits per heavy atom. The van der Waals surface area contributed by atoms with Gasteiger partial charge in [0.25, 0.3) is 0 Å². The summed E-state index contributed by atoms with van der Waals surface area (Å²) >= 11 is 0. The van der Waals surface area contributed by atoms with Crippen LogP contribution in [0.25, 0.3) is 0 Å². The monoisotopic (exact) mass is 248 g/mol. The molecule has 1 aliphatic rings. The molecular weight excluding hydrogens is 224 g/mol. The first-order valence-corrected chi connectivity index (χ1v) is 6.71. The second-order valence-corrected chi connectivity index (χ2v) is 5.53. The third kappa shape index (κ3) is 3.96. The van der Waals surface area contributed by atoms with Crippen molar-refractivity contribution < 1.29 is 0 Å². The summed E-state index contributed by atoms with van der Waals surface area (Å²) in [6.45, 7) is 4.61. The Balaban J connectivity index is 1.80. The zero-order valence-corrected chi connectivity index (χ0v) is 11.5. The van der Waals surface area contributed by atoms with Crippen molar-refractivity contribution in [3.8, 4) is 0 Å². The predicted molar refractivity (Wildman–Crippen MR) is 75.2 cm³/mol. The Kier molecular flexibility index (Phi) is 4.55. The number of hydrogen-bond acceptors (Lipinski definition) is 4. The number of nitrogens with zero attached hydrogens (tertiary/aromatic N) is 3. The maximum absolute atomic E-state index is 5.70. The van der Waals surface area contributed by atoms with Gasteiger partial charge in [-0.15, -0.1) is 0 Å². The van der Waals surface area contributed by atoms with Crippen LogP contribution in [-0.4, -0.2) is 48.5 Å². The second kappa shape index (κ2) is 6.16. The van der Waals surface area contributed by atoms with Crippen LogP contribution in [0, 0.1) is 5.92 Å². The maximum Gasteiger partial charge on any atom is 0.123 e. The molecule has 2 heterocycles. The van der Waals surface area contributed by atoms with Crippen molar-refractivity contribution in [2.24, 2.45) is 5.92 Å². The van der Waals surface area contributed by atoms with Crippen LogP contribution < -0.4 is 5.73 Å². The molecule has 0 unspecified atom stereocenters. The number of nitrogens with two attached hydrogens (primary N) is 1. The van der Waals surface area contributed by atoms with Gasteiger partial charge in [-0.1, -0.05) is 0 Å². The van der Waals surface area contributed by atoms with E-state index in [4.69, 9.17) is 5.73 Å². The predicted octanol–water partition coefficient (Wildman–Crippen LogP) is 1.44. The average Bonchev–Trinajstić information content (AvgIpc) is 2.32. The van der Waals surface area contributed by atoms with Crippen LogP contribution in [0.3, 0.4) is 0 Å². The Hall–Kier alpha value is -1.13. The molecule has 2 rings (SSSR count). The highest BCUT2D eigenvalue weighted by Crippen LogP contribution is 2.17. The molecule has 18 heavy (non-hydrogen) atoms. The quantitative estimate of drug-likeness (QED) is 0.876. The van der Waals surface area contributed by atoms with Crippen molar-refractivity contribution in [2.75, 3.05) is 39.5 Å². The first-order chi connectivity index (χ1) is 8.63. The van der Waals surface area contributed by atoms with Crippen molar-refractivity contribution >= 4 is 5.82 Å². The molecule has 100 valence electrons.